The molecule has 0 amide bonds. The Bertz CT molecular complexity index is 394. The average Bonchev–Trinajstić information content (AvgIpc) is 2.30. The Hall–Kier alpha value is -1.50. The normalized spacial score (nSPS) is 9.71. The molecule has 0 aromatic heterocycles. The zero-order chi connectivity index (χ0) is 12.7. The molecule has 1 aromatic rings. The van der Waals surface area contributed by atoms with Crippen LogP contribution in [-0.2, 0) is 6.42 Å². The Kier molecular flexibility index (Phi) is 5.55. The first-order valence-electron chi connectivity index (χ1n) is 6.15. The first-order chi connectivity index (χ1) is 8.22. The molecule has 0 heterocycles. The van der Waals surface area contributed by atoms with Crippen LogP contribution in [0.15, 0.2) is 56.2 Å². The minimum atomic E-state index is 0.501. The summed E-state index contributed by atoms with van der Waals surface area (Å²) < 4.78 is 0. The van der Waals surface area contributed by atoms with Gasteiger partial charge in [-0.1, -0.05) is 60.1 Å². The van der Waals surface area contributed by atoms with E-state index in [1.807, 2.05) is 18.2 Å². The van der Waals surface area contributed by atoms with Crippen LogP contribution in [0.5, 0.6) is 0 Å². The lowest BCUT2D eigenvalue weighted by Crippen LogP contribution is -2.31. The molecule has 0 spiro atoms. The van der Waals surface area contributed by atoms with Gasteiger partial charge >= 0.3 is 0 Å². The summed E-state index contributed by atoms with van der Waals surface area (Å²) in [4.78, 5) is 0. The maximum Gasteiger partial charge on any atom is 0.183 e. The first-order valence-corrected chi connectivity index (χ1v) is 6.15. The molecule has 0 N–H and O–H groups in total. The van der Waals surface area contributed by atoms with E-state index in [9.17, 15) is 0 Å². The van der Waals surface area contributed by atoms with Crippen molar-refractivity contribution in [3.8, 4) is 0 Å². The maximum absolute atomic E-state index is 3.85. The number of allylic oxidation sites excluding steroid dienone is 3. The van der Waals surface area contributed by atoms with Gasteiger partial charge in [0.05, 0.1) is 0 Å². The van der Waals surface area contributed by atoms with Gasteiger partial charge in [-0.15, -0.1) is 19.7 Å². The fourth-order valence-electron chi connectivity index (χ4n) is 2.22. The summed E-state index contributed by atoms with van der Waals surface area (Å²) in [6.07, 6.45) is 8.88. The first kappa shape index (κ1) is 13.6. The summed E-state index contributed by atoms with van der Waals surface area (Å²) in [6, 6.07) is 6.68. The molecule has 0 atom stereocenters. The van der Waals surface area contributed by atoms with Gasteiger partial charge in [-0.3, -0.25) is 0 Å². The van der Waals surface area contributed by atoms with E-state index in [4.69, 9.17) is 0 Å². The fourth-order valence-corrected chi connectivity index (χ4v) is 2.22. The highest BCUT2D eigenvalue weighted by molar-refractivity contribution is 6.74. The molecule has 0 saturated heterocycles. The molecule has 1 rings (SSSR count). The standard InChI is InChI=1S/C16H21B/c1-5-8-15-13-14(4)9-10-16(15)17(11-6-2)12-7-3/h5-7,9-10,13H,1-3,8,11-12H2,4H3. The van der Waals surface area contributed by atoms with Gasteiger partial charge in [-0.25, -0.2) is 0 Å². The number of hydrogen-bond acceptors (Lipinski definition) is 0. The molecule has 17 heavy (non-hydrogen) atoms. The van der Waals surface area contributed by atoms with Gasteiger partial charge in [0.25, 0.3) is 0 Å². The van der Waals surface area contributed by atoms with E-state index < -0.39 is 0 Å². The van der Waals surface area contributed by atoms with Crippen molar-refractivity contribution in [1.29, 1.82) is 0 Å². The van der Waals surface area contributed by atoms with E-state index >= 15 is 0 Å². The predicted molar refractivity (Wildman–Crippen MR) is 80.5 cm³/mol. The molecule has 0 saturated carbocycles. The lowest BCUT2D eigenvalue weighted by molar-refractivity contribution is 1.27. The van der Waals surface area contributed by atoms with Crippen LogP contribution in [0.1, 0.15) is 11.1 Å². The third kappa shape index (κ3) is 3.78. The monoisotopic (exact) mass is 224 g/mol. The van der Waals surface area contributed by atoms with Gasteiger partial charge in [0.2, 0.25) is 0 Å². The zero-order valence-electron chi connectivity index (χ0n) is 10.8. The quantitative estimate of drug-likeness (QED) is 0.488. The van der Waals surface area contributed by atoms with Crippen molar-refractivity contribution in [1.82, 2.24) is 0 Å². The van der Waals surface area contributed by atoms with Gasteiger partial charge in [0, 0.05) is 0 Å². The third-order valence-electron chi connectivity index (χ3n) is 3.00. The van der Waals surface area contributed by atoms with Crippen LogP contribution in [0.25, 0.3) is 0 Å². The molecule has 0 radical (unpaired) electrons. The highest BCUT2D eigenvalue weighted by Crippen LogP contribution is 2.10. The average molecular weight is 224 g/mol. The molecule has 0 fully saturated rings. The van der Waals surface area contributed by atoms with Crippen LogP contribution in [-0.4, -0.2) is 6.71 Å². The maximum atomic E-state index is 3.85. The lowest BCUT2D eigenvalue weighted by atomic mass is 9.40. The molecule has 0 aliphatic rings. The van der Waals surface area contributed by atoms with Crippen LogP contribution in [0.2, 0.25) is 12.6 Å². The molecule has 1 aromatic carbocycles. The van der Waals surface area contributed by atoms with Gasteiger partial charge in [-0.05, 0) is 18.9 Å². The van der Waals surface area contributed by atoms with Gasteiger partial charge < -0.3 is 0 Å². The molecule has 0 nitrogen and oxygen atoms in total. The Labute approximate surface area is 106 Å². The second-order valence-electron chi connectivity index (χ2n) is 4.44. The number of aryl methyl sites for hydroxylation is 1. The number of rotatable bonds is 7. The zero-order valence-corrected chi connectivity index (χ0v) is 10.8. The second-order valence-corrected chi connectivity index (χ2v) is 4.44. The summed E-state index contributed by atoms with van der Waals surface area (Å²) in [7, 11) is 0. The molecular weight excluding hydrogens is 203 g/mol. The van der Waals surface area contributed by atoms with E-state index in [0.717, 1.165) is 19.1 Å². The lowest BCUT2D eigenvalue weighted by Gasteiger charge is -2.15. The number of hydrogen-bond donors (Lipinski definition) is 0. The smallest absolute Gasteiger partial charge is 0.104 e. The van der Waals surface area contributed by atoms with Crippen LogP contribution >= 0.6 is 0 Å². The van der Waals surface area contributed by atoms with Gasteiger partial charge in [-0.2, -0.15) is 0 Å². The third-order valence-corrected chi connectivity index (χ3v) is 3.00. The fraction of sp³-hybridized carbons (Fsp3) is 0.250. The molecule has 0 aliphatic carbocycles. The molecule has 0 unspecified atom stereocenters. The minimum absolute atomic E-state index is 0.501. The van der Waals surface area contributed by atoms with Crippen molar-refractivity contribution in [3.63, 3.8) is 0 Å². The Morgan fingerprint density at radius 1 is 1.06 bits per heavy atom. The van der Waals surface area contributed by atoms with E-state index in [2.05, 4.69) is 44.9 Å². The molecule has 0 aliphatic heterocycles. The van der Waals surface area contributed by atoms with Crippen LogP contribution in [0.4, 0.5) is 0 Å². The van der Waals surface area contributed by atoms with Crippen molar-refractivity contribution in [2.45, 2.75) is 26.0 Å². The molecule has 88 valence electrons. The SMILES string of the molecule is C=CCB(CC=C)c1ccc(C)cc1CC=C. The summed E-state index contributed by atoms with van der Waals surface area (Å²) in [6.45, 7) is 14.2. The summed E-state index contributed by atoms with van der Waals surface area (Å²) in [5.74, 6) is 0. The van der Waals surface area contributed by atoms with Crippen LogP contribution in [0, 0.1) is 6.92 Å². The summed E-state index contributed by atoms with van der Waals surface area (Å²) >= 11 is 0. The van der Waals surface area contributed by atoms with Gasteiger partial charge in [0.15, 0.2) is 6.71 Å². The van der Waals surface area contributed by atoms with Gasteiger partial charge in [0.1, 0.15) is 0 Å². The number of benzene rings is 1. The Morgan fingerprint density at radius 2 is 1.71 bits per heavy atom. The van der Waals surface area contributed by atoms with E-state index in [0.29, 0.717) is 6.71 Å². The predicted octanol–water partition coefficient (Wildman–Crippen LogP) is 3.80. The topological polar surface area (TPSA) is 0 Å². The van der Waals surface area contributed by atoms with Crippen molar-refractivity contribution < 1.29 is 0 Å². The molecule has 1 heteroatoms. The highest BCUT2D eigenvalue weighted by atomic mass is 14.0. The van der Waals surface area contributed by atoms with Crippen molar-refractivity contribution in [2.75, 3.05) is 0 Å². The Balaban J connectivity index is 3.10. The summed E-state index contributed by atoms with van der Waals surface area (Å²) in [5.41, 5.74) is 4.10. The van der Waals surface area contributed by atoms with Crippen molar-refractivity contribution in [3.05, 3.63) is 67.3 Å². The second kappa shape index (κ2) is 6.95. The van der Waals surface area contributed by atoms with Crippen molar-refractivity contribution in [2.24, 2.45) is 0 Å². The largest absolute Gasteiger partial charge is 0.183 e. The highest BCUT2D eigenvalue weighted by Gasteiger charge is 2.16. The van der Waals surface area contributed by atoms with Crippen LogP contribution in [0.3, 0.4) is 0 Å². The van der Waals surface area contributed by atoms with Crippen LogP contribution < -0.4 is 5.46 Å². The molecule has 0 bridgehead atoms. The minimum Gasteiger partial charge on any atom is -0.104 e. The van der Waals surface area contributed by atoms with E-state index in [-0.39, 0.29) is 0 Å². The van der Waals surface area contributed by atoms with Crippen molar-refractivity contribution >= 4 is 12.2 Å². The van der Waals surface area contributed by atoms with E-state index in [1.54, 1.807) is 0 Å². The molecular formula is C16H21B. The Morgan fingerprint density at radius 3 is 2.24 bits per heavy atom. The van der Waals surface area contributed by atoms with E-state index in [1.165, 1.54) is 16.6 Å². The summed E-state index contributed by atoms with van der Waals surface area (Å²) in [5, 5.41) is 0.